The Labute approximate surface area is 182 Å². The number of carbonyl (C=O) groups is 2. The Kier molecular flexibility index (Phi) is 7.69. The SMILES string of the molecule is CCCCOc1ccc(C=CC(=O)Nc2sc3c(c2C(=O)OC)CCC(C)C3)cc1. The van der Waals surface area contributed by atoms with Gasteiger partial charge in [-0.3, -0.25) is 4.79 Å². The number of rotatable bonds is 8. The number of carbonyl (C=O) groups excluding carboxylic acids is 2. The molecular weight excluding hydrogens is 398 g/mol. The maximum atomic E-state index is 12.5. The fourth-order valence-corrected chi connectivity index (χ4v) is 4.89. The van der Waals surface area contributed by atoms with Gasteiger partial charge >= 0.3 is 5.97 Å². The molecule has 2 aromatic rings. The summed E-state index contributed by atoms with van der Waals surface area (Å²) in [7, 11) is 1.37. The molecule has 1 N–H and O–H groups in total. The molecule has 160 valence electrons. The molecule has 0 spiro atoms. The van der Waals surface area contributed by atoms with Crippen molar-refractivity contribution in [2.45, 2.75) is 46.0 Å². The van der Waals surface area contributed by atoms with Crippen LogP contribution in [0.5, 0.6) is 5.75 Å². The van der Waals surface area contributed by atoms with Crippen molar-refractivity contribution in [3.05, 3.63) is 51.9 Å². The molecule has 0 fully saturated rings. The molecule has 0 saturated carbocycles. The van der Waals surface area contributed by atoms with Crippen LogP contribution in [0.4, 0.5) is 5.00 Å². The van der Waals surface area contributed by atoms with Crippen molar-refractivity contribution >= 4 is 34.3 Å². The first-order valence-corrected chi connectivity index (χ1v) is 11.3. The van der Waals surface area contributed by atoms with E-state index < -0.39 is 0 Å². The summed E-state index contributed by atoms with van der Waals surface area (Å²) in [5.74, 6) is 0.750. The molecular formula is C24H29NO4S. The molecule has 1 heterocycles. The number of amides is 1. The van der Waals surface area contributed by atoms with Crippen LogP contribution >= 0.6 is 11.3 Å². The van der Waals surface area contributed by atoms with E-state index in [1.54, 1.807) is 6.08 Å². The van der Waals surface area contributed by atoms with E-state index >= 15 is 0 Å². The van der Waals surface area contributed by atoms with Crippen molar-refractivity contribution in [1.29, 1.82) is 0 Å². The number of thiophene rings is 1. The minimum atomic E-state index is -0.389. The van der Waals surface area contributed by atoms with Crippen LogP contribution < -0.4 is 10.1 Å². The van der Waals surface area contributed by atoms with Crippen LogP contribution in [-0.2, 0) is 22.4 Å². The average molecular weight is 428 g/mol. The van der Waals surface area contributed by atoms with Gasteiger partial charge in [0.05, 0.1) is 19.3 Å². The zero-order chi connectivity index (χ0) is 21.5. The number of nitrogens with one attached hydrogen (secondary N) is 1. The van der Waals surface area contributed by atoms with Crippen molar-refractivity contribution in [3.63, 3.8) is 0 Å². The molecule has 3 rings (SSSR count). The smallest absolute Gasteiger partial charge is 0.341 e. The van der Waals surface area contributed by atoms with Gasteiger partial charge in [-0.25, -0.2) is 4.79 Å². The Hall–Kier alpha value is -2.60. The van der Waals surface area contributed by atoms with Gasteiger partial charge in [-0.15, -0.1) is 11.3 Å². The molecule has 0 radical (unpaired) electrons. The van der Waals surface area contributed by atoms with Gasteiger partial charge in [0.25, 0.3) is 0 Å². The molecule has 0 bridgehead atoms. The Morgan fingerprint density at radius 3 is 2.73 bits per heavy atom. The molecule has 1 atom stereocenters. The van der Waals surface area contributed by atoms with Gasteiger partial charge < -0.3 is 14.8 Å². The van der Waals surface area contributed by atoms with Gasteiger partial charge in [-0.2, -0.15) is 0 Å². The lowest BCUT2D eigenvalue weighted by molar-refractivity contribution is -0.111. The van der Waals surface area contributed by atoms with Crippen molar-refractivity contribution < 1.29 is 19.1 Å². The fraction of sp³-hybridized carbons (Fsp3) is 0.417. The zero-order valence-corrected chi connectivity index (χ0v) is 18.6. The fourth-order valence-electron chi connectivity index (χ4n) is 3.49. The third-order valence-electron chi connectivity index (χ3n) is 5.21. The quantitative estimate of drug-likeness (QED) is 0.344. The lowest BCUT2D eigenvalue weighted by Gasteiger charge is -2.18. The summed E-state index contributed by atoms with van der Waals surface area (Å²) < 4.78 is 10.6. The summed E-state index contributed by atoms with van der Waals surface area (Å²) in [6.07, 6.45) is 8.17. The maximum Gasteiger partial charge on any atom is 0.341 e. The number of esters is 1. The number of fused-ring (bicyclic) bond motifs is 1. The number of ether oxygens (including phenoxy) is 2. The van der Waals surface area contributed by atoms with Crippen molar-refractivity contribution in [2.24, 2.45) is 5.92 Å². The maximum absolute atomic E-state index is 12.5. The highest BCUT2D eigenvalue weighted by Crippen LogP contribution is 2.40. The summed E-state index contributed by atoms with van der Waals surface area (Å²) in [6, 6.07) is 7.63. The number of anilines is 1. The van der Waals surface area contributed by atoms with E-state index in [0.717, 1.165) is 49.0 Å². The van der Waals surface area contributed by atoms with Crippen LogP contribution in [0.15, 0.2) is 30.3 Å². The standard InChI is InChI=1S/C24H29NO4S/c1-4-5-14-29-18-10-7-17(8-11-18)9-13-21(26)25-23-22(24(27)28-3)19-12-6-16(2)15-20(19)30-23/h7-11,13,16H,4-6,12,14-15H2,1-3H3,(H,25,26). The Balaban J connectivity index is 1.68. The number of unbranched alkanes of at least 4 members (excludes halogenated alkanes) is 1. The molecule has 1 aromatic heterocycles. The van der Waals surface area contributed by atoms with Gasteiger partial charge in [0.1, 0.15) is 10.8 Å². The summed E-state index contributed by atoms with van der Waals surface area (Å²) in [5, 5.41) is 3.46. The second-order valence-corrected chi connectivity index (χ2v) is 8.75. The molecule has 30 heavy (non-hydrogen) atoms. The minimum Gasteiger partial charge on any atom is -0.494 e. The molecule has 0 saturated heterocycles. The zero-order valence-electron chi connectivity index (χ0n) is 17.8. The summed E-state index contributed by atoms with van der Waals surface area (Å²) in [5.41, 5.74) is 2.45. The molecule has 1 aromatic carbocycles. The van der Waals surface area contributed by atoms with E-state index in [0.29, 0.717) is 23.1 Å². The molecule has 5 nitrogen and oxygen atoms in total. The van der Waals surface area contributed by atoms with Crippen molar-refractivity contribution in [3.8, 4) is 5.75 Å². The van der Waals surface area contributed by atoms with E-state index in [1.165, 1.54) is 29.4 Å². The first-order chi connectivity index (χ1) is 14.5. The third-order valence-corrected chi connectivity index (χ3v) is 6.38. The monoisotopic (exact) mass is 427 g/mol. The second kappa shape index (κ2) is 10.4. The first-order valence-electron chi connectivity index (χ1n) is 10.5. The highest BCUT2D eigenvalue weighted by molar-refractivity contribution is 7.17. The third kappa shape index (κ3) is 5.51. The Morgan fingerprint density at radius 2 is 2.03 bits per heavy atom. The first kappa shape index (κ1) is 22.1. The molecule has 1 aliphatic rings. The van der Waals surface area contributed by atoms with Crippen LogP contribution in [0.1, 0.15) is 59.5 Å². The highest BCUT2D eigenvalue weighted by Gasteiger charge is 2.28. The van der Waals surface area contributed by atoms with Gasteiger partial charge in [0.15, 0.2) is 0 Å². The van der Waals surface area contributed by atoms with Gasteiger partial charge in [-0.1, -0.05) is 32.4 Å². The summed E-state index contributed by atoms with van der Waals surface area (Å²) >= 11 is 1.49. The number of hydrogen-bond acceptors (Lipinski definition) is 5. The van der Waals surface area contributed by atoms with Crippen molar-refractivity contribution in [2.75, 3.05) is 19.0 Å². The molecule has 1 unspecified atom stereocenters. The predicted molar refractivity (Wildman–Crippen MR) is 121 cm³/mol. The number of methoxy groups -OCH3 is 1. The van der Waals surface area contributed by atoms with E-state index in [9.17, 15) is 9.59 Å². The normalized spacial score (nSPS) is 15.6. The van der Waals surface area contributed by atoms with E-state index in [-0.39, 0.29) is 11.9 Å². The summed E-state index contributed by atoms with van der Waals surface area (Å²) in [6.45, 7) is 5.05. The van der Waals surface area contributed by atoms with Gasteiger partial charge in [0, 0.05) is 11.0 Å². The van der Waals surface area contributed by atoms with E-state index in [4.69, 9.17) is 9.47 Å². The molecule has 6 heteroatoms. The van der Waals surface area contributed by atoms with Crippen LogP contribution in [0.3, 0.4) is 0 Å². The predicted octanol–water partition coefficient (Wildman–Crippen LogP) is 5.49. The number of hydrogen-bond donors (Lipinski definition) is 1. The van der Waals surface area contributed by atoms with Crippen LogP contribution in [-0.4, -0.2) is 25.6 Å². The van der Waals surface area contributed by atoms with Crippen LogP contribution in [0.2, 0.25) is 0 Å². The van der Waals surface area contributed by atoms with Crippen molar-refractivity contribution in [1.82, 2.24) is 0 Å². The Morgan fingerprint density at radius 1 is 1.27 bits per heavy atom. The van der Waals surface area contributed by atoms with Crippen LogP contribution in [0, 0.1) is 5.92 Å². The number of benzene rings is 1. The second-order valence-electron chi connectivity index (χ2n) is 7.64. The van der Waals surface area contributed by atoms with Gasteiger partial charge in [-0.05, 0) is 60.9 Å². The van der Waals surface area contributed by atoms with Crippen LogP contribution in [0.25, 0.3) is 6.08 Å². The lowest BCUT2D eigenvalue weighted by Crippen LogP contribution is -2.14. The largest absolute Gasteiger partial charge is 0.494 e. The highest BCUT2D eigenvalue weighted by atomic mass is 32.1. The average Bonchev–Trinajstić information content (AvgIpc) is 3.09. The minimum absolute atomic E-state index is 0.268. The lowest BCUT2D eigenvalue weighted by atomic mass is 9.88. The molecule has 1 aliphatic carbocycles. The summed E-state index contributed by atoms with van der Waals surface area (Å²) in [4.78, 5) is 26.0. The molecule has 1 amide bonds. The topological polar surface area (TPSA) is 64.6 Å². The van der Waals surface area contributed by atoms with Gasteiger partial charge in [0.2, 0.25) is 5.91 Å². The van der Waals surface area contributed by atoms with E-state index in [2.05, 4.69) is 19.2 Å². The molecule has 0 aliphatic heterocycles. The Bertz CT molecular complexity index is 914. The van der Waals surface area contributed by atoms with E-state index in [1.807, 2.05) is 24.3 Å².